The molecule has 0 saturated heterocycles. The van der Waals surface area contributed by atoms with Crippen molar-refractivity contribution in [2.75, 3.05) is 11.5 Å². The third kappa shape index (κ3) is 5.44. The van der Waals surface area contributed by atoms with Crippen molar-refractivity contribution in [2.24, 2.45) is 0 Å². The van der Waals surface area contributed by atoms with Gasteiger partial charge in [-0.3, -0.25) is 0 Å². The van der Waals surface area contributed by atoms with E-state index in [1.54, 1.807) is 0 Å². The summed E-state index contributed by atoms with van der Waals surface area (Å²) in [5.41, 5.74) is -1.62. The maximum absolute atomic E-state index is 15.1. The van der Waals surface area contributed by atoms with Crippen LogP contribution in [0.15, 0.2) is 18.2 Å². The minimum atomic E-state index is -5.96. The molecular formula is C21H7F15N2O2. The number of nitrogens with two attached hydrogens (primary N) is 2. The Labute approximate surface area is 210 Å². The lowest BCUT2D eigenvalue weighted by atomic mass is 10.1. The minimum Gasteiger partial charge on any atom is -0.451 e. The molecule has 0 spiro atoms. The summed E-state index contributed by atoms with van der Waals surface area (Å²) in [7, 11) is 0. The fourth-order valence-electron chi connectivity index (χ4n) is 3.07. The average molecular weight is 604 g/mol. The van der Waals surface area contributed by atoms with Gasteiger partial charge in [0, 0.05) is 6.07 Å². The van der Waals surface area contributed by atoms with Crippen molar-refractivity contribution in [2.45, 2.75) is 18.5 Å². The van der Waals surface area contributed by atoms with Crippen molar-refractivity contribution in [3.05, 3.63) is 69.8 Å². The zero-order valence-electron chi connectivity index (χ0n) is 18.4. The Kier molecular flexibility index (Phi) is 7.42. The summed E-state index contributed by atoms with van der Waals surface area (Å²) < 4.78 is 213. The van der Waals surface area contributed by atoms with Gasteiger partial charge in [0.2, 0.25) is 5.82 Å². The van der Waals surface area contributed by atoms with Crippen molar-refractivity contribution in [3.8, 4) is 23.0 Å². The number of anilines is 2. The lowest BCUT2D eigenvalue weighted by molar-refractivity contribution is -0.142. The van der Waals surface area contributed by atoms with Gasteiger partial charge in [-0.05, 0) is 12.1 Å². The predicted octanol–water partition coefficient (Wildman–Crippen LogP) is 8.33. The zero-order chi connectivity index (χ0) is 30.7. The molecule has 0 aliphatic carbocycles. The second-order valence-electron chi connectivity index (χ2n) is 7.50. The quantitative estimate of drug-likeness (QED) is 0.232. The SMILES string of the molecule is Nc1c(F)c(Oc2cc(F)c(C(F)(F)F)c(Oc3cc(C(F)(F)F)c(F)c(N)c3F)c2F)cc(C(F)(F)F)c1F. The number of hydrogen-bond acceptors (Lipinski definition) is 4. The van der Waals surface area contributed by atoms with Crippen LogP contribution in [-0.2, 0) is 18.5 Å². The smallest absolute Gasteiger partial charge is 0.422 e. The molecule has 0 aliphatic rings. The number of ether oxygens (including phenoxy) is 2. The van der Waals surface area contributed by atoms with E-state index in [-0.39, 0.29) is 0 Å². The van der Waals surface area contributed by atoms with Gasteiger partial charge in [0.05, 0.1) is 11.1 Å². The molecule has 3 aromatic rings. The topological polar surface area (TPSA) is 70.5 Å². The zero-order valence-corrected chi connectivity index (χ0v) is 18.4. The van der Waals surface area contributed by atoms with E-state index in [4.69, 9.17) is 11.5 Å². The van der Waals surface area contributed by atoms with Crippen LogP contribution in [0.1, 0.15) is 16.7 Å². The number of alkyl halides is 9. The van der Waals surface area contributed by atoms with Gasteiger partial charge in [-0.25, -0.2) is 22.0 Å². The van der Waals surface area contributed by atoms with Gasteiger partial charge in [0.25, 0.3) is 0 Å². The van der Waals surface area contributed by atoms with Crippen molar-refractivity contribution < 1.29 is 75.3 Å². The summed E-state index contributed by atoms with van der Waals surface area (Å²) in [5, 5.41) is 0. The average Bonchev–Trinajstić information content (AvgIpc) is 2.79. The van der Waals surface area contributed by atoms with Crippen LogP contribution in [0.4, 0.5) is 77.2 Å². The summed E-state index contributed by atoms with van der Waals surface area (Å²) in [4.78, 5) is 0. The molecule has 0 bridgehead atoms. The first kappa shape index (κ1) is 30.4. The number of hydrogen-bond donors (Lipinski definition) is 2. The molecular weight excluding hydrogens is 597 g/mol. The summed E-state index contributed by atoms with van der Waals surface area (Å²) in [6.45, 7) is 0. The first-order valence-electron chi connectivity index (χ1n) is 9.71. The highest BCUT2D eigenvalue weighted by atomic mass is 19.4. The highest BCUT2D eigenvalue weighted by Crippen LogP contribution is 2.48. The van der Waals surface area contributed by atoms with E-state index in [1.807, 2.05) is 0 Å². The molecule has 218 valence electrons. The van der Waals surface area contributed by atoms with Crippen molar-refractivity contribution in [1.29, 1.82) is 0 Å². The predicted molar refractivity (Wildman–Crippen MR) is 103 cm³/mol. The standard InChI is InChI=1S/C21H7F15N2O2/c22-6-3-9(39-7-1-4(19(28,29)30)11(23)16(37)13(7)25)15(27)18(10(6)21(34,35)36)40-8-2-5(20(31,32)33)12(24)17(38)14(8)26/h1-3H,37-38H2. The van der Waals surface area contributed by atoms with Crippen LogP contribution in [-0.4, -0.2) is 0 Å². The van der Waals surface area contributed by atoms with Gasteiger partial charge in [-0.15, -0.1) is 0 Å². The Hall–Kier alpha value is -4.19. The van der Waals surface area contributed by atoms with Gasteiger partial charge in [0.1, 0.15) is 22.8 Å². The van der Waals surface area contributed by atoms with E-state index < -0.39 is 123 Å². The Balaban J connectivity index is 2.28. The first-order valence-corrected chi connectivity index (χ1v) is 9.71. The first-order chi connectivity index (χ1) is 18.1. The molecule has 0 amide bonds. The second kappa shape index (κ2) is 9.77. The summed E-state index contributed by atoms with van der Waals surface area (Å²) in [6, 6.07) is -1.57. The van der Waals surface area contributed by atoms with Gasteiger partial charge >= 0.3 is 18.5 Å². The third-order valence-corrected chi connectivity index (χ3v) is 4.87. The van der Waals surface area contributed by atoms with Crippen LogP contribution in [0.5, 0.6) is 23.0 Å². The summed E-state index contributed by atoms with van der Waals surface area (Å²) >= 11 is 0. The maximum Gasteiger partial charge on any atom is 0.422 e. The fraction of sp³-hybridized carbons (Fsp3) is 0.143. The Morgan fingerprint density at radius 1 is 0.475 bits per heavy atom. The van der Waals surface area contributed by atoms with E-state index in [2.05, 4.69) is 9.47 Å². The molecule has 40 heavy (non-hydrogen) atoms. The Morgan fingerprint density at radius 3 is 1.23 bits per heavy atom. The van der Waals surface area contributed by atoms with E-state index in [0.717, 1.165) is 0 Å². The normalized spacial score (nSPS) is 12.6. The highest BCUT2D eigenvalue weighted by molar-refractivity contribution is 5.56. The van der Waals surface area contributed by atoms with Crippen molar-refractivity contribution >= 4 is 11.4 Å². The van der Waals surface area contributed by atoms with Crippen LogP contribution in [0.25, 0.3) is 0 Å². The van der Waals surface area contributed by atoms with Crippen LogP contribution in [0, 0.1) is 34.9 Å². The lowest BCUT2D eigenvalue weighted by Crippen LogP contribution is -2.15. The van der Waals surface area contributed by atoms with Crippen LogP contribution in [0.2, 0.25) is 0 Å². The number of benzene rings is 3. The molecule has 0 aliphatic heterocycles. The number of nitrogen functional groups attached to an aromatic ring is 2. The van der Waals surface area contributed by atoms with E-state index in [9.17, 15) is 61.5 Å². The molecule has 19 heteroatoms. The largest absolute Gasteiger partial charge is 0.451 e. The van der Waals surface area contributed by atoms with Crippen LogP contribution < -0.4 is 20.9 Å². The minimum absolute atomic E-state index is 0.466. The number of halogens is 15. The number of rotatable bonds is 4. The highest BCUT2D eigenvalue weighted by Gasteiger charge is 2.43. The van der Waals surface area contributed by atoms with Gasteiger partial charge < -0.3 is 20.9 Å². The third-order valence-electron chi connectivity index (χ3n) is 4.87. The van der Waals surface area contributed by atoms with E-state index in [0.29, 0.717) is 0 Å². The van der Waals surface area contributed by atoms with Crippen LogP contribution >= 0.6 is 0 Å². The van der Waals surface area contributed by atoms with Crippen molar-refractivity contribution in [1.82, 2.24) is 0 Å². The summed E-state index contributed by atoms with van der Waals surface area (Å²) in [6.07, 6.45) is -17.2. The molecule has 0 saturated carbocycles. The molecule has 0 heterocycles. The molecule has 3 rings (SSSR count). The van der Waals surface area contributed by atoms with Crippen molar-refractivity contribution in [3.63, 3.8) is 0 Å². The van der Waals surface area contributed by atoms with E-state index in [1.165, 1.54) is 0 Å². The molecule has 0 fully saturated rings. The molecule has 0 unspecified atom stereocenters. The maximum atomic E-state index is 15.1. The van der Waals surface area contributed by atoms with Gasteiger partial charge in [-0.1, -0.05) is 0 Å². The summed E-state index contributed by atoms with van der Waals surface area (Å²) in [5.74, 6) is -22.7. The molecule has 0 radical (unpaired) electrons. The monoisotopic (exact) mass is 604 g/mol. The molecule has 0 aromatic heterocycles. The van der Waals surface area contributed by atoms with Gasteiger partial charge in [-0.2, -0.15) is 43.9 Å². The molecule has 0 atom stereocenters. The van der Waals surface area contributed by atoms with Gasteiger partial charge in [0.15, 0.2) is 46.3 Å². The Morgan fingerprint density at radius 2 is 0.850 bits per heavy atom. The fourth-order valence-corrected chi connectivity index (χ4v) is 3.07. The molecule has 4 nitrogen and oxygen atoms in total. The van der Waals surface area contributed by atoms with E-state index >= 15 is 4.39 Å². The lowest BCUT2D eigenvalue weighted by Gasteiger charge is -2.20. The molecule has 4 N–H and O–H groups in total. The second-order valence-corrected chi connectivity index (χ2v) is 7.50. The Bertz CT molecular complexity index is 1490. The molecule has 3 aromatic carbocycles. The van der Waals surface area contributed by atoms with Crippen LogP contribution in [0.3, 0.4) is 0 Å².